The van der Waals surface area contributed by atoms with Gasteiger partial charge in [-0.3, -0.25) is 0 Å². The number of hydrogen-bond donors (Lipinski definition) is 0. The second-order valence-electron chi connectivity index (χ2n) is 6.06. The number of oxime groups is 1. The number of rotatable bonds is 7. The Morgan fingerprint density at radius 2 is 1.69 bits per heavy atom. The highest BCUT2D eigenvalue weighted by Crippen LogP contribution is 2.31. The topological polar surface area (TPSA) is 21.6 Å². The molecule has 2 nitrogen and oxygen atoms in total. The molecule has 0 saturated heterocycles. The molecule has 0 atom stereocenters. The molecular formula is C19H16F7NOS. The highest BCUT2D eigenvalue weighted by Gasteiger charge is 2.30. The molecule has 2 rings (SSSR count). The number of aryl methyl sites for hydroxylation is 1. The first-order chi connectivity index (χ1) is 13.5. The Hall–Kier alpha value is -2.23. The van der Waals surface area contributed by atoms with E-state index in [2.05, 4.69) is 5.16 Å². The molecule has 0 amide bonds. The molecule has 0 N–H and O–H groups in total. The van der Waals surface area contributed by atoms with Crippen LogP contribution in [0.1, 0.15) is 22.3 Å². The zero-order valence-electron chi connectivity index (χ0n) is 15.1. The van der Waals surface area contributed by atoms with Crippen LogP contribution in [0.15, 0.2) is 46.4 Å². The van der Waals surface area contributed by atoms with Gasteiger partial charge in [-0.15, -0.1) is 11.8 Å². The van der Waals surface area contributed by atoms with Gasteiger partial charge < -0.3 is 4.84 Å². The van der Waals surface area contributed by atoms with Crippen molar-refractivity contribution in [3.05, 3.63) is 64.5 Å². The van der Waals surface area contributed by atoms with E-state index in [9.17, 15) is 30.7 Å². The van der Waals surface area contributed by atoms with E-state index in [1.165, 1.54) is 25.1 Å². The van der Waals surface area contributed by atoms with Gasteiger partial charge in [0.25, 0.3) is 0 Å². The number of benzene rings is 2. The Morgan fingerprint density at radius 1 is 1.03 bits per heavy atom. The predicted octanol–water partition coefficient (Wildman–Crippen LogP) is 6.40. The Kier molecular flexibility index (Phi) is 7.56. The first-order valence-corrected chi connectivity index (χ1v) is 9.25. The fourth-order valence-corrected chi connectivity index (χ4v) is 3.07. The highest BCUT2D eigenvalue weighted by molar-refractivity contribution is 7.99. The van der Waals surface area contributed by atoms with Crippen LogP contribution in [0.2, 0.25) is 0 Å². The third kappa shape index (κ3) is 7.60. The van der Waals surface area contributed by atoms with Crippen molar-refractivity contribution in [2.24, 2.45) is 5.16 Å². The summed E-state index contributed by atoms with van der Waals surface area (Å²) in [5.41, 5.74) is 0.182. The summed E-state index contributed by atoms with van der Waals surface area (Å²) in [6.07, 6.45) is -7.44. The van der Waals surface area contributed by atoms with Gasteiger partial charge in [0.1, 0.15) is 12.4 Å². The minimum Gasteiger partial charge on any atom is -0.395 e. The maximum atomic E-state index is 13.9. The van der Waals surface area contributed by atoms with Crippen molar-refractivity contribution >= 4 is 18.0 Å². The van der Waals surface area contributed by atoms with Crippen LogP contribution in [0.3, 0.4) is 0 Å². The maximum Gasteiger partial charge on any atom is 0.416 e. The van der Waals surface area contributed by atoms with Crippen molar-refractivity contribution in [3.63, 3.8) is 0 Å². The fraction of sp³-hybridized carbons (Fsp3) is 0.316. The van der Waals surface area contributed by atoms with Crippen molar-refractivity contribution < 1.29 is 35.6 Å². The van der Waals surface area contributed by atoms with Gasteiger partial charge in [-0.05, 0) is 42.3 Å². The summed E-state index contributed by atoms with van der Waals surface area (Å²) in [5, 5.41) is 3.58. The van der Waals surface area contributed by atoms with Crippen molar-refractivity contribution in [2.45, 2.75) is 30.6 Å². The molecule has 2 aromatic rings. The molecule has 0 aliphatic heterocycles. The molecule has 0 unspecified atom stereocenters. The molecule has 0 spiro atoms. The Balaban J connectivity index is 1.91. The molecule has 10 heteroatoms. The molecule has 158 valence electrons. The smallest absolute Gasteiger partial charge is 0.395 e. The van der Waals surface area contributed by atoms with E-state index in [0.29, 0.717) is 22.9 Å². The second kappa shape index (κ2) is 9.51. The van der Waals surface area contributed by atoms with Gasteiger partial charge in [0, 0.05) is 16.9 Å². The minimum atomic E-state index is -4.41. The lowest BCUT2D eigenvalue weighted by Crippen LogP contribution is -2.10. The average Bonchev–Trinajstić information content (AvgIpc) is 2.61. The van der Waals surface area contributed by atoms with E-state index >= 15 is 0 Å². The first kappa shape index (κ1) is 23.1. The Labute approximate surface area is 166 Å². The van der Waals surface area contributed by atoms with E-state index in [1.807, 2.05) is 0 Å². The summed E-state index contributed by atoms with van der Waals surface area (Å²) in [4.78, 5) is 5.25. The lowest BCUT2D eigenvalue weighted by molar-refractivity contribution is -0.137. The standard InChI is InChI=1S/C19H16F7NOS/c1-12-8-16(20)14(9-17(12)29-11-18(21,22)23)10-27-28-7-6-13-2-4-15(5-3-13)19(24,25)26/h2-5,8-10H,6-7,11H2,1H3/b27-10+. The van der Waals surface area contributed by atoms with E-state index in [0.717, 1.165) is 24.4 Å². The van der Waals surface area contributed by atoms with Crippen molar-refractivity contribution in [2.75, 3.05) is 12.4 Å². The SMILES string of the molecule is Cc1cc(F)c(/C=N/OCCc2ccc(C(F)(F)F)cc2)cc1SCC(F)(F)F. The quantitative estimate of drug-likeness (QED) is 0.164. The molecule has 0 saturated carbocycles. The summed E-state index contributed by atoms with van der Waals surface area (Å²) in [6.45, 7) is 1.54. The molecular weight excluding hydrogens is 423 g/mol. The molecule has 0 heterocycles. The normalized spacial score (nSPS) is 12.6. The number of alkyl halides is 6. The average molecular weight is 439 g/mol. The lowest BCUT2D eigenvalue weighted by atomic mass is 10.1. The predicted molar refractivity (Wildman–Crippen MR) is 96.6 cm³/mol. The number of thioether (sulfide) groups is 1. The summed E-state index contributed by atoms with van der Waals surface area (Å²) in [5.74, 6) is -1.76. The molecule has 0 aliphatic rings. The molecule has 0 fully saturated rings. The van der Waals surface area contributed by atoms with Crippen LogP contribution in [0, 0.1) is 12.7 Å². The molecule has 2 aromatic carbocycles. The van der Waals surface area contributed by atoms with E-state index in [4.69, 9.17) is 4.84 Å². The summed E-state index contributed by atoms with van der Waals surface area (Å²) in [6, 6.07) is 6.92. The molecule has 0 aliphatic carbocycles. The van der Waals surface area contributed by atoms with Crippen LogP contribution in [-0.2, 0) is 17.4 Å². The molecule has 0 radical (unpaired) electrons. The Morgan fingerprint density at radius 3 is 2.28 bits per heavy atom. The van der Waals surface area contributed by atoms with Gasteiger partial charge in [0.05, 0.1) is 17.5 Å². The van der Waals surface area contributed by atoms with E-state index in [-0.39, 0.29) is 23.5 Å². The third-order valence-corrected chi connectivity index (χ3v) is 4.94. The zero-order chi connectivity index (χ0) is 21.7. The lowest BCUT2D eigenvalue weighted by Gasteiger charge is -2.10. The molecule has 0 aromatic heterocycles. The Bertz CT molecular complexity index is 845. The van der Waals surface area contributed by atoms with Crippen LogP contribution in [-0.4, -0.2) is 24.8 Å². The number of nitrogens with zero attached hydrogens (tertiary/aromatic N) is 1. The van der Waals surface area contributed by atoms with E-state index < -0.39 is 29.5 Å². The molecule has 29 heavy (non-hydrogen) atoms. The monoisotopic (exact) mass is 439 g/mol. The first-order valence-electron chi connectivity index (χ1n) is 8.27. The van der Waals surface area contributed by atoms with Gasteiger partial charge >= 0.3 is 12.4 Å². The summed E-state index contributed by atoms with van der Waals surface area (Å²) in [7, 11) is 0. The van der Waals surface area contributed by atoms with Crippen LogP contribution >= 0.6 is 11.8 Å². The van der Waals surface area contributed by atoms with Crippen LogP contribution in [0.25, 0.3) is 0 Å². The minimum absolute atomic E-state index is 0.0326. The number of hydrogen-bond acceptors (Lipinski definition) is 3. The second-order valence-corrected chi connectivity index (χ2v) is 7.07. The summed E-state index contributed by atoms with van der Waals surface area (Å²) < 4.78 is 88.5. The highest BCUT2D eigenvalue weighted by atomic mass is 32.2. The number of halogens is 7. The zero-order valence-corrected chi connectivity index (χ0v) is 15.9. The summed E-state index contributed by atoms with van der Waals surface area (Å²) >= 11 is 0.546. The van der Waals surface area contributed by atoms with Gasteiger partial charge in [-0.25, -0.2) is 4.39 Å². The van der Waals surface area contributed by atoms with E-state index in [1.54, 1.807) is 0 Å². The van der Waals surface area contributed by atoms with Crippen LogP contribution in [0.5, 0.6) is 0 Å². The van der Waals surface area contributed by atoms with Crippen molar-refractivity contribution in [1.29, 1.82) is 0 Å². The van der Waals surface area contributed by atoms with Gasteiger partial charge in [-0.2, -0.15) is 26.3 Å². The largest absolute Gasteiger partial charge is 0.416 e. The maximum absolute atomic E-state index is 13.9. The van der Waals surface area contributed by atoms with Crippen LogP contribution < -0.4 is 0 Å². The van der Waals surface area contributed by atoms with Gasteiger partial charge in [0.15, 0.2) is 0 Å². The van der Waals surface area contributed by atoms with Gasteiger partial charge in [0.2, 0.25) is 0 Å². The van der Waals surface area contributed by atoms with Crippen LogP contribution in [0.4, 0.5) is 30.7 Å². The van der Waals surface area contributed by atoms with Crippen molar-refractivity contribution in [1.82, 2.24) is 0 Å². The fourth-order valence-electron chi connectivity index (χ4n) is 2.25. The molecule has 0 bridgehead atoms. The van der Waals surface area contributed by atoms with Gasteiger partial charge in [-0.1, -0.05) is 17.3 Å². The van der Waals surface area contributed by atoms with Crippen molar-refractivity contribution in [3.8, 4) is 0 Å². The third-order valence-electron chi connectivity index (χ3n) is 3.72.